The molecule has 26 heavy (non-hydrogen) atoms. The van der Waals surface area contributed by atoms with Crippen LogP contribution in [0.3, 0.4) is 0 Å². The highest BCUT2D eigenvalue weighted by molar-refractivity contribution is 6.04. The SMILES string of the molecule is CC(C)CN1CCN(C(=O)c2cnc3c(c2)N(C)C(=O)CN3)C(C)C1=O. The lowest BCUT2D eigenvalue weighted by atomic mass is 10.1. The third-order valence-corrected chi connectivity index (χ3v) is 4.85. The van der Waals surface area contributed by atoms with Crippen molar-refractivity contribution >= 4 is 29.2 Å². The van der Waals surface area contributed by atoms with E-state index in [4.69, 9.17) is 0 Å². The molecule has 1 aromatic rings. The number of aromatic nitrogens is 1. The van der Waals surface area contributed by atoms with Gasteiger partial charge in [-0.2, -0.15) is 0 Å². The first-order valence-corrected chi connectivity index (χ1v) is 8.89. The summed E-state index contributed by atoms with van der Waals surface area (Å²) in [5, 5.41) is 2.94. The minimum absolute atomic E-state index is 0.0295. The molecule has 0 radical (unpaired) electrons. The van der Waals surface area contributed by atoms with Crippen LogP contribution in [0.1, 0.15) is 31.1 Å². The van der Waals surface area contributed by atoms with Crippen LogP contribution >= 0.6 is 0 Å². The summed E-state index contributed by atoms with van der Waals surface area (Å²) in [4.78, 5) is 46.6. The molecule has 1 fully saturated rings. The second kappa shape index (κ2) is 6.93. The smallest absolute Gasteiger partial charge is 0.256 e. The Morgan fingerprint density at radius 1 is 1.35 bits per heavy atom. The Morgan fingerprint density at radius 2 is 2.08 bits per heavy atom. The molecule has 0 aliphatic carbocycles. The highest BCUT2D eigenvalue weighted by Crippen LogP contribution is 2.28. The highest BCUT2D eigenvalue weighted by Gasteiger charge is 2.35. The molecule has 1 unspecified atom stereocenters. The van der Waals surface area contributed by atoms with E-state index >= 15 is 0 Å². The zero-order chi connectivity index (χ0) is 19.0. The van der Waals surface area contributed by atoms with E-state index in [1.165, 1.54) is 11.1 Å². The van der Waals surface area contributed by atoms with Gasteiger partial charge in [-0.05, 0) is 18.9 Å². The maximum Gasteiger partial charge on any atom is 0.256 e. The third kappa shape index (κ3) is 3.23. The van der Waals surface area contributed by atoms with Crippen molar-refractivity contribution in [1.82, 2.24) is 14.8 Å². The average molecular weight is 359 g/mol. The first kappa shape index (κ1) is 18.2. The molecular weight excluding hydrogens is 334 g/mol. The minimum Gasteiger partial charge on any atom is -0.359 e. The Bertz CT molecular complexity index is 748. The molecule has 1 N–H and O–H groups in total. The second-order valence-electron chi connectivity index (χ2n) is 7.25. The van der Waals surface area contributed by atoms with Crippen LogP contribution in [-0.2, 0) is 9.59 Å². The number of rotatable bonds is 3. The number of amides is 3. The van der Waals surface area contributed by atoms with Crippen molar-refractivity contribution < 1.29 is 14.4 Å². The Labute approximate surface area is 153 Å². The molecule has 2 aliphatic rings. The van der Waals surface area contributed by atoms with E-state index in [1.807, 2.05) is 4.90 Å². The molecule has 1 atom stereocenters. The van der Waals surface area contributed by atoms with Crippen molar-refractivity contribution in [3.05, 3.63) is 17.8 Å². The van der Waals surface area contributed by atoms with Gasteiger partial charge in [-0.25, -0.2) is 4.98 Å². The number of nitrogens with zero attached hydrogens (tertiary/aromatic N) is 4. The van der Waals surface area contributed by atoms with E-state index in [2.05, 4.69) is 24.1 Å². The first-order valence-electron chi connectivity index (χ1n) is 8.89. The van der Waals surface area contributed by atoms with Gasteiger partial charge in [0.1, 0.15) is 11.9 Å². The highest BCUT2D eigenvalue weighted by atomic mass is 16.2. The molecule has 0 aromatic carbocycles. The summed E-state index contributed by atoms with van der Waals surface area (Å²) in [5.41, 5.74) is 0.952. The first-order chi connectivity index (χ1) is 12.3. The van der Waals surface area contributed by atoms with Crippen LogP contribution in [0, 0.1) is 5.92 Å². The van der Waals surface area contributed by atoms with Crippen LogP contribution in [0.2, 0.25) is 0 Å². The Kier molecular flexibility index (Phi) is 4.84. The zero-order valence-electron chi connectivity index (χ0n) is 15.7. The molecule has 8 nitrogen and oxygen atoms in total. The molecule has 1 saturated heterocycles. The third-order valence-electron chi connectivity index (χ3n) is 4.85. The van der Waals surface area contributed by atoms with Crippen LogP contribution in [0.15, 0.2) is 12.3 Å². The number of likely N-dealkylation sites (N-methyl/N-ethyl adjacent to an activating group) is 1. The lowest BCUT2D eigenvalue weighted by molar-refractivity contribution is -0.140. The van der Waals surface area contributed by atoms with Crippen LogP contribution < -0.4 is 10.2 Å². The van der Waals surface area contributed by atoms with Gasteiger partial charge in [0.05, 0.1) is 17.8 Å². The lowest BCUT2D eigenvalue weighted by Crippen LogP contribution is -2.58. The van der Waals surface area contributed by atoms with Gasteiger partial charge in [0.2, 0.25) is 11.8 Å². The fourth-order valence-corrected chi connectivity index (χ4v) is 3.37. The van der Waals surface area contributed by atoms with Crippen LogP contribution in [0.25, 0.3) is 0 Å². The van der Waals surface area contributed by atoms with Gasteiger partial charge in [-0.15, -0.1) is 0 Å². The van der Waals surface area contributed by atoms with Gasteiger partial charge in [0, 0.05) is 32.9 Å². The topological polar surface area (TPSA) is 85.8 Å². The summed E-state index contributed by atoms with van der Waals surface area (Å²) in [7, 11) is 1.66. The molecule has 140 valence electrons. The predicted molar refractivity (Wildman–Crippen MR) is 98.1 cm³/mol. The normalized spacial score (nSPS) is 20.3. The molecule has 0 spiro atoms. The van der Waals surface area contributed by atoms with Crippen molar-refractivity contribution in [1.29, 1.82) is 0 Å². The second-order valence-corrected chi connectivity index (χ2v) is 7.25. The van der Waals surface area contributed by atoms with E-state index in [9.17, 15) is 14.4 Å². The van der Waals surface area contributed by atoms with Crippen molar-refractivity contribution in [2.45, 2.75) is 26.8 Å². The van der Waals surface area contributed by atoms with Crippen molar-refractivity contribution in [3.63, 3.8) is 0 Å². The fourth-order valence-electron chi connectivity index (χ4n) is 3.37. The maximum atomic E-state index is 12.9. The van der Waals surface area contributed by atoms with Crippen LogP contribution in [-0.4, -0.2) is 71.8 Å². The lowest BCUT2D eigenvalue weighted by Gasteiger charge is -2.40. The Morgan fingerprint density at radius 3 is 2.77 bits per heavy atom. The largest absolute Gasteiger partial charge is 0.359 e. The summed E-state index contributed by atoms with van der Waals surface area (Å²) in [6.07, 6.45) is 1.50. The standard InChI is InChI=1S/C18H25N5O3/c1-11(2)10-22-5-6-23(12(3)17(22)25)18(26)13-7-14-16(19-8-13)20-9-15(24)21(14)4/h7-8,11-12H,5-6,9-10H2,1-4H3,(H,19,20). The molecule has 3 heterocycles. The summed E-state index contributed by atoms with van der Waals surface area (Å²) in [6.45, 7) is 7.81. The molecule has 0 saturated carbocycles. The van der Waals surface area contributed by atoms with Gasteiger partial charge in [-0.1, -0.05) is 13.8 Å². The van der Waals surface area contributed by atoms with Crippen molar-refractivity contribution in [2.75, 3.05) is 43.4 Å². The van der Waals surface area contributed by atoms with Gasteiger partial charge in [-0.3, -0.25) is 14.4 Å². The monoisotopic (exact) mass is 359 g/mol. The summed E-state index contributed by atoms with van der Waals surface area (Å²) in [6, 6.07) is 1.15. The quantitative estimate of drug-likeness (QED) is 0.863. The number of pyridine rings is 1. The zero-order valence-corrected chi connectivity index (χ0v) is 15.7. The molecule has 8 heteroatoms. The minimum atomic E-state index is -0.511. The van der Waals surface area contributed by atoms with E-state index < -0.39 is 6.04 Å². The predicted octanol–water partition coefficient (Wildman–Crippen LogP) is 0.799. The number of piperazine rings is 1. The number of hydrogen-bond acceptors (Lipinski definition) is 5. The number of anilines is 2. The number of fused-ring (bicyclic) bond motifs is 1. The van der Waals surface area contributed by atoms with E-state index in [-0.39, 0.29) is 24.3 Å². The molecule has 3 amide bonds. The fraction of sp³-hybridized carbons (Fsp3) is 0.556. The van der Waals surface area contributed by atoms with Crippen molar-refractivity contribution in [3.8, 4) is 0 Å². The van der Waals surface area contributed by atoms with Gasteiger partial charge in [0.25, 0.3) is 5.91 Å². The van der Waals surface area contributed by atoms with Crippen molar-refractivity contribution in [2.24, 2.45) is 5.92 Å². The summed E-state index contributed by atoms with van der Waals surface area (Å²) >= 11 is 0. The van der Waals surface area contributed by atoms with E-state index in [0.717, 1.165) is 0 Å². The number of nitrogens with one attached hydrogen (secondary N) is 1. The summed E-state index contributed by atoms with van der Waals surface area (Å²) < 4.78 is 0. The molecule has 1 aromatic heterocycles. The van der Waals surface area contributed by atoms with Gasteiger partial charge >= 0.3 is 0 Å². The van der Waals surface area contributed by atoms with Crippen LogP contribution in [0.4, 0.5) is 11.5 Å². The number of carbonyl (C=O) groups is 3. The number of hydrogen-bond donors (Lipinski definition) is 1. The average Bonchev–Trinajstić information content (AvgIpc) is 2.61. The molecule has 3 rings (SSSR count). The van der Waals surface area contributed by atoms with Gasteiger partial charge < -0.3 is 20.0 Å². The molecule has 0 bridgehead atoms. The Balaban J connectivity index is 1.80. The summed E-state index contributed by atoms with van der Waals surface area (Å²) in [5.74, 6) is 0.609. The molecule has 2 aliphatic heterocycles. The Hall–Kier alpha value is -2.64. The van der Waals surface area contributed by atoms with Gasteiger partial charge in [0.15, 0.2) is 0 Å². The van der Waals surface area contributed by atoms with E-state index in [1.54, 1.807) is 24.9 Å². The maximum absolute atomic E-state index is 12.9. The number of carbonyl (C=O) groups excluding carboxylic acids is 3. The molecular formula is C18H25N5O3. The van der Waals surface area contributed by atoms with Crippen LogP contribution in [0.5, 0.6) is 0 Å². The van der Waals surface area contributed by atoms with E-state index in [0.29, 0.717) is 42.6 Å².